The number of anilines is 2. The van der Waals surface area contributed by atoms with Gasteiger partial charge in [-0.15, -0.1) is 0 Å². The Morgan fingerprint density at radius 1 is 0.903 bits per heavy atom. The van der Waals surface area contributed by atoms with E-state index in [1.807, 2.05) is 51.1 Å². The highest BCUT2D eigenvalue weighted by Crippen LogP contribution is 2.24. The van der Waals surface area contributed by atoms with Gasteiger partial charge in [0.25, 0.3) is 5.56 Å². The first kappa shape index (κ1) is 22.0. The molecule has 0 spiro atoms. The fourth-order valence-corrected chi connectivity index (χ4v) is 3.18. The molecule has 0 radical (unpaired) electrons. The Labute approximate surface area is 181 Å². The van der Waals surface area contributed by atoms with Crippen molar-refractivity contribution in [1.29, 1.82) is 0 Å². The number of hydrogen-bond donors (Lipinski definition) is 2. The highest BCUT2D eigenvalue weighted by molar-refractivity contribution is 5.94. The zero-order valence-corrected chi connectivity index (χ0v) is 18.3. The molecular weight excluding hydrogens is 392 g/mol. The van der Waals surface area contributed by atoms with Crippen LogP contribution >= 0.6 is 0 Å². The molecule has 0 saturated carbocycles. The van der Waals surface area contributed by atoms with Crippen LogP contribution in [0.2, 0.25) is 0 Å². The molecule has 1 atom stereocenters. The van der Waals surface area contributed by atoms with E-state index in [2.05, 4.69) is 15.7 Å². The van der Waals surface area contributed by atoms with E-state index in [1.54, 1.807) is 19.1 Å². The number of nitrogens with zero attached hydrogens (tertiary/aromatic N) is 2. The number of aromatic nitrogens is 2. The van der Waals surface area contributed by atoms with Gasteiger partial charge in [0, 0.05) is 29.9 Å². The Balaban J connectivity index is 1.92. The van der Waals surface area contributed by atoms with Crippen LogP contribution in [0.15, 0.2) is 53.3 Å². The van der Waals surface area contributed by atoms with Gasteiger partial charge in [0.2, 0.25) is 11.8 Å². The summed E-state index contributed by atoms with van der Waals surface area (Å²) in [6, 6.07) is 13.5. The molecule has 7 heteroatoms. The van der Waals surface area contributed by atoms with E-state index in [4.69, 9.17) is 0 Å². The number of rotatable bonds is 5. The van der Waals surface area contributed by atoms with Gasteiger partial charge in [-0.2, -0.15) is 5.10 Å². The van der Waals surface area contributed by atoms with E-state index >= 15 is 0 Å². The van der Waals surface area contributed by atoms with E-state index < -0.39 is 6.04 Å². The second-order valence-electron chi connectivity index (χ2n) is 7.70. The molecule has 2 aromatic carbocycles. The van der Waals surface area contributed by atoms with Gasteiger partial charge in [-0.25, -0.2) is 4.68 Å². The van der Waals surface area contributed by atoms with Gasteiger partial charge in [0.1, 0.15) is 6.04 Å². The van der Waals surface area contributed by atoms with Crippen LogP contribution in [0.3, 0.4) is 0 Å². The second kappa shape index (κ2) is 8.95. The first-order valence-corrected chi connectivity index (χ1v) is 10.0. The summed E-state index contributed by atoms with van der Waals surface area (Å²) in [4.78, 5) is 36.7. The van der Waals surface area contributed by atoms with Crippen molar-refractivity contribution in [2.24, 2.45) is 0 Å². The monoisotopic (exact) mass is 418 g/mol. The zero-order valence-electron chi connectivity index (χ0n) is 18.3. The highest BCUT2D eigenvalue weighted by Gasteiger charge is 2.19. The van der Waals surface area contributed by atoms with Crippen LogP contribution in [0.5, 0.6) is 0 Å². The van der Waals surface area contributed by atoms with Crippen molar-refractivity contribution in [3.05, 3.63) is 75.6 Å². The molecule has 3 aromatic rings. The minimum Gasteiger partial charge on any atom is -0.326 e. The van der Waals surface area contributed by atoms with Gasteiger partial charge in [-0.1, -0.05) is 24.3 Å². The maximum atomic E-state index is 12.8. The summed E-state index contributed by atoms with van der Waals surface area (Å²) in [5.74, 6) is -0.502. The van der Waals surface area contributed by atoms with E-state index in [1.165, 1.54) is 17.7 Å². The lowest BCUT2D eigenvalue weighted by atomic mass is 10.1. The quantitative estimate of drug-likeness (QED) is 0.655. The summed E-state index contributed by atoms with van der Waals surface area (Å²) in [6.07, 6.45) is 0. The molecule has 160 valence electrons. The van der Waals surface area contributed by atoms with Gasteiger partial charge in [-0.05, 0) is 62.6 Å². The van der Waals surface area contributed by atoms with E-state index in [9.17, 15) is 14.4 Å². The maximum absolute atomic E-state index is 12.8. The van der Waals surface area contributed by atoms with Gasteiger partial charge < -0.3 is 10.6 Å². The summed E-state index contributed by atoms with van der Waals surface area (Å²) in [7, 11) is 0. The normalized spacial score (nSPS) is 11.6. The Kier molecular flexibility index (Phi) is 6.34. The molecule has 31 heavy (non-hydrogen) atoms. The van der Waals surface area contributed by atoms with Crippen molar-refractivity contribution in [3.8, 4) is 11.3 Å². The van der Waals surface area contributed by atoms with Crippen molar-refractivity contribution in [2.75, 3.05) is 10.6 Å². The second-order valence-corrected chi connectivity index (χ2v) is 7.70. The molecule has 0 aliphatic rings. The molecule has 2 amide bonds. The summed E-state index contributed by atoms with van der Waals surface area (Å²) in [6.45, 7) is 8.83. The fraction of sp³-hybridized carbons (Fsp3) is 0.250. The average Bonchev–Trinajstić information content (AvgIpc) is 2.72. The lowest BCUT2D eigenvalue weighted by Crippen LogP contribution is -2.33. The summed E-state index contributed by atoms with van der Waals surface area (Å²) >= 11 is 0. The van der Waals surface area contributed by atoms with Crippen LogP contribution in [0.25, 0.3) is 11.3 Å². The highest BCUT2D eigenvalue weighted by atomic mass is 16.2. The summed E-state index contributed by atoms with van der Waals surface area (Å²) in [5.41, 5.74) is 5.13. The van der Waals surface area contributed by atoms with Gasteiger partial charge in [-0.3, -0.25) is 14.4 Å². The van der Waals surface area contributed by atoms with Crippen molar-refractivity contribution in [3.63, 3.8) is 0 Å². The standard InChI is InChI=1S/C24H26N4O3/c1-14-6-7-15(2)21(12-14)26-24(31)17(4)28-23(30)11-10-20(27-28)19-9-8-16(3)22(13-19)25-18(5)29/h6-13,17H,1-5H3,(H,25,29)(H,26,31). The molecule has 1 heterocycles. The summed E-state index contributed by atoms with van der Waals surface area (Å²) < 4.78 is 1.17. The molecule has 7 nitrogen and oxygen atoms in total. The Morgan fingerprint density at radius 3 is 2.23 bits per heavy atom. The molecule has 0 saturated heterocycles. The van der Waals surface area contributed by atoms with E-state index in [0.29, 0.717) is 17.1 Å². The van der Waals surface area contributed by atoms with Crippen LogP contribution in [-0.4, -0.2) is 21.6 Å². The van der Waals surface area contributed by atoms with Crippen LogP contribution in [0.1, 0.15) is 36.6 Å². The number of carbonyl (C=O) groups is 2. The molecule has 1 unspecified atom stereocenters. The third kappa shape index (κ3) is 5.06. The number of aryl methyl sites for hydroxylation is 3. The number of nitrogens with one attached hydrogen (secondary N) is 2. The Bertz CT molecular complexity index is 1210. The number of benzene rings is 2. The van der Waals surface area contributed by atoms with Gasteiger partial charge in [0.15, 0.2) is 0 Å². The molecule has 1 aromatic heterocycles. The largest absolute Gasteiger partial charge is 0.326 e. The Hall–Kier alpha value is -3.74. The minimum atomic E-state index is -0.812. The molecule has 0 fully saturated rings. The van der Waals surface area contributed by atoms with Crippen LogP contribution in [0, 0.1) is 20.8 Å². The van der Waals surface area contributed by atoms with E-state index in [0.717, 1.165) is 22.3 Å². The number of amides is 2. The van der Waals surface area contributed by atoms with Gasteiger partial charge >= 0.3 is 0 Å². The van der Waals surface area contributed by atoms with Crippen molar-refractivity contribution in [2.45, 2.75) is 40.7 Å². The maximum Gasteiger partial charge on any atom is 0.267 e. The van der Waals surface area contributed by atoms with E-state index in [-0.39, 0.29) is 17.4 Å². The lowest BCUT2D eigenvalue weighted by Gasteiger charge is -2.17. The molecule has 0 aliphatic heterocycles. The zero-order chi connectivity index (χ0) is 22.7. The average molecular weight is 418 g/mol. The van der Waals surface area contributed by atoms with Gasteiger partial charge in [0.05, 0.1) is 5.69 Å². The fourth-order valence-electron chi connectivity index (χ4n) is 3.18. The topological polar surface area (TPSA) is 93.1 Å². The van der Waals surface area contributed by atoms with Crippen molar-refractivity contribution < 1.29 is 9.59 Å². The predicted molar refractivity (Wildman–Crippen MR) is 122 cm³/mol. The molecule has 2 N–H and O–H groups in total. The first-order chi connectivity index (χ1) is 14.7. The molecule has 0 bridgehead atoms. The molecule has 0 aliphatic carbocycles. The van der Waals surface area contributed by atoms with Crippen molar-refractivity contribution >= 4 is 23.2 Å². The Morgan fingerprint density at radius 2 is 1.55 bits per heavy atom. The predicted octanol–water partition coefficient (Wildman–Crippen LogP) is 3.99. The van der Waals surface area contributed by atoms with Crippen molar-refractivity contribution in [1.82, 2.24) is 9.78 Å². The first-order valence-electron chi connectivity index (χ1n) is 10.0. The smallest absolute Gasteiger partial charge is 0.267 e. The lowest BCUT2D eigenvalue weighted by molar-refractivity contribution is -0.119. The van der Waals surface area contributed by atoms with Crippen LogP contribution in [-0.2, 0) is 9.59 Å². The molecular formula is C24H26N4O3. The molecule has 3 rings (SSSR count). The third-order valence-corrected chi connectivity index (χ3v) is 5.07. The number of carbonyl (C=O) groups excluding carboxylic acids is 2. The third-order valence-electron chi connectivity index (χ3n) is 5.07. The summed E-state index contributed by atoms with van der Waals surface area (Å²) in [5, 5.41) is 10.1. The number of hydrogen-bond acceptors (Lipinski definition) is 4. The van der Waals surface area contributed by atoms with Crippen LogP contribution < -0.4 is 16.2 Å². The SMILES string of the molecule is CC(=O)Nc1cc(-c2ccc(=O)n(C(C)C(=O)Nc3cc(C)ccc3C)n2)ccc1C. The van der Waals surface area contributed by atoms with Crippen LogP contribution in [0.4, 0.5) is 11.4 Å². The minimum absolute atomic E-state index is 0.171.